The molecule has 1 aliphatic heterocycles. The lowest BCUT2D eigenvalue weighted by molar-refractivity contribution is 0.0624. The minimum atomic E-state index is 0.390. The molecular weight excluding hydrogens is 192 g/mol. The first-order valence-electron chi connectivity index (χ1n) is 4.48. The number of rotatable bonds is 3. The summed E-state index contributed by atoms with van der Waals surface area (Å²) in [7, 11) is 1.60. The van der Waals surface area contributed by atoms with E-state index in [4.69, 9.17) is 10.00 Å². The monoisotopic (exact) mass is 206 g/mol. The van der Waals surface area contributed by atoms with Gasteiger partial charge in [-0.2, -0.15) is 5.26 Å². The molecule has 0 bridgehead atoms. The standard InChI is InChI=1S/C10H14N4O/c1-4-9(6-11)5-10-8(2)14(7-15-3)13-12-10/h4-5,12-13H,2,7H2,1,3H3/b9-4+,10-5+. The Balaban J connectivity index is 2.76. The van der Waals surface area contributed by atoms with Crippen LogP contribution in [-0.2, 0) is 4.74 Å². The fourth-order valence-electron chi connectivity index (χ4n) is 1.11. The molecule has 15 heavy (non-hydrogen) atoms. The molecule has 0 aromatic heterocycles. The second-order valence-corrected chi connectivity index (χ2v) is 2.94. The minimum Gasteiger partial charge on any atom is -0.363 e. The van der Waals surface area contributed by atoms with E-state index in [9.17, 15) is 0 Å². The third kappa shape index (κ3) is 2.59. The number of hydrogen-bond acceptors (Lipinski definition) is 5. The number of allylic oxidation sites excluding steroid dienone is 3. The first-order chi connectivity index (χ1) is 7.22. The van der Waals surface area contributed by atoms with Crippen LogP contribution >= 0.6 is 0 Å². The van der Waals surface area contributed by atoms with Crippen LogP contribution in [0.15, 0.2) is 35.7 Å². The van der Waals surface area contributed by atoms with E-state index in [-0.39, 0.29) is 0 Å². The lowest BCUT2D eigenvalue weighted by atomic mass is 10.2. The Morgan fingerprint density at radius 1 is 1.73 bits per heavy atom. The van der Waals surface area contributed by atoms with Gasteiger partial charge in [0.1, 0.15) is 6.73 Å². The number of hydrazine groups is 2. The Bertz CT molecular complexity index is 351. The lowest BCUT2D eigenvalue weighted by Gasteiger charge is -2.14. The summed E-state index contributed by atoms with van der Waals surface area (Å²) in [6.45, 7) is 6.08. The molecule has 1 saturated heterocycles. The Kier molecular flexibility index (Phi) is 3.92. The highest BCUT2D eigenvalue weighted by Gasteiger charge is 2.18. The average molecular weight is 206 g/mol. The molecule has 0 saturated carbocycles. The zero-order valence-corrected chi connectivity index (χ0v) is 8.87. The number of nitrogens with one attached hydrogen (secondary N) is 2. The van der Waals surface area contributed by atoms with Gasteiger partial charge in [0.25, 0.3) is 0 Å². The maximum Gasteiger partial charge on any atom is 0.134 e. The van der Waals surface area contributed by atoms with Crippen molar-refractivity contribution in [3.63, 3.8) is 0 Å². The SMILES string of the molecule is C=C1/C(=C\C(C#N)=C/C)NNN1COC. The van der Waals surface area contributed by atoms with Crippen molar-refractivity contribution in [3.05, 3.63) is 35.7 Å². The van der Waals surface area contributed by atoms with Gasteiger partial charge >= 0.3 is 0 Å². The molecule has 0 aromatic carbocycles. The molecule has 0 aliphatic carbocycles. The topological polar surface area (TPSA) is 60.3 Å². The lowest BCUT2D eigenvalue weighted by Crippen LogP contribution is -2.36. The number of nitrogens with zero attached hydrogens (tertiary/aromatic N) is 2. The second-order valence-electron chi connectivity index (χ2n) is 2.94. The van der Waals surface area contributed by atoms with Crippen molar-refractivity contribution in [2.75, 3.05) is 13.8 Å². The molecule has 0 spiro atoms. The Labute approximate surface area is 89.3 Å². The van der Waals surface area contributed by atoms with Gasteiger partial charge in [0, 0.05) is 12.7 Å². The van der Waals surface area contributed by atoms with Gasteiger partial charge in [-0.1, -0.05) is 12.7 Å². The van der Waals surface area contributed by atoms with E-state index >= 15 is 0 Å². The van der Waals surface area contributed by atoms with Crippen LogP contribution in [0, 0.1) is 11.3 Å². The first-order valence-corrected chi connectivity index (χ1v) is 4.48. The molecule has 0 unspecified atom stereocenters. The maximum absolute atomic E-state index is 8.76. The summed E-state index contributed by atoms with van der Waals surface area (Å²) in [4.78, 5) is 0. The summed E-state index contributed by atoms with van der Waals surface area (Å²) in [5.41, 5.74) is 7.86. The van der Waals surface area contributed by atoms with Gasteiger partial charge in [-0.05, 0) is 13.0 Å². The summed E-state index contributed by atoms with van der Waals surface area (Å²) < 4.78 is 4.96. The second kappa shape index (κ2) is 5.20. The fourth-order valence-corrected chi connectivity index (χ4v) is 1.11. The van der Waals surface area contributed by atoms with Gasteiger partial charge in [0.2, 0.25) is 0 Å². The van der Waals surface area contributed by atoms with Crippen LogP contribution in [0.4, 0.5) is 0 Å². The summed E-state index contributed by atoms with van der Waals surface area (Å²) in [5, 5.41) is 10.5. The smallest absolute Gasteiger partial charge is 0.134 e. The quantitative estimate of drug-likeness (QED) is 0.668. The molecule has 0 atom stereocenters. The third-order valence-corrected chi connectivity index (χ3v) is 1.96. The summed E-state index contributed by atoms with van der Waals surface area (Å²) in [6, 6.07) is 2.07. The number of hydrogen-bond donors (Lipinski definition) is 2. The summed E-state index contributed by atoms with van der Waals surface area (Å²) >= 11 is 0. The molecule has 0 amide bonds. The zero-order chi connectivity index (χ0) is 11.3. The Hall–Kier alpha value is -1.77. The van der Waals surface area contributed by atoms with E-state index in [1.807, 2.05) is 6.92 Å². The van der Waals surface area contributed by atoms with Crippen molar-refractivity contribution in [3.8, 4) is 6.07 Å². The average Bonchev–Trinajstić information content (AvgIpc) is 2.58. The zero-order valence-electron chi connectivity index (χ0n) is 8.87. The van der Waals surface area contributed by atoms with Crippen molar-refractivity contribution < 1.29 is 4.74 Å². The molecular formula is C10H14N4O. The highest BCUT2D eigenvalue weighted by Crippen LogP contribution is 2.15. The van der Waals surface area contributed by atoms with E-state index in [2.05, 4.69) is 23.6 Å². The van der Waals surface area contributed by atoms with E-state index < -0.39 is 0 Å². The predicted molar refractivity (Wildman–Crippen MR) is 56.6 cm³/mol. The molecule has 1 fully saturated rings. The largest absolute Gasteiger partial charge is 0.363 e. The van der Waals surface area contributed by atoms with Crippen molar-refractivity contribution in [1.29, 1.82) is 5.26 Å². The van der Waals surface area contributed by atoms with Crippen LogP contribution < -0.4 is 11.0 Å². The van der Waals surface area contributed by atoms with Gasteiger partial charge < -0.3 is 10.2 Å². The van der Waals surface area contributed by atoms with Gasteiger partial charge in [-0.25, -0.2) is 0 Å². The minimum absolute atomic E-state index is 0.390. The summed E-state index contributed by atoms with van der Waals surface area (Å²) in [5.74, 6) is 0. The molecule has 0 aromatic rings. The Morgan fingerprint density at radius 2 is 2.47 bits per heavy atom. The van der Waals surface area contributed by atoms with E-state index in [0.717, 1.165) is 11.4 Å². The van der Waals surface area contributed by atoms with Crippen molar-refractivity contribution in [1.82, 2.24) is 16.0 Å². The highest BCUT2D eigenvalue weighted by molar-refractivity contribution is 5.41. The van der Waals surface area contributed by atoms with Crippen molar-refractivity contribution in [2.45, 2.75) is 6.92 Å². The number of methoxy groups -OCH3 is 1. The molecule has 1 aliphatic rings. The third-order valence-electron chi connectivity index (χ3n) is 1.96. The van der Waals surface area contributed by atoms with Crippen LogP contribution in [0.5, 0.6) is 0 Å². The van der Waals surface area contributed by atoms with Crippen molar-refractivity contribution in [2.24, 2.45) is 0 Å². The first kappa shape index (κ1) is 11.3. The maximum atomic E-state index is 8.76. The van der Waals surface area contributed by atoms with E-state index in [1.165, 1.54) is 0 Å². The molecule has 1 heterocycles. The Morgan fingerprint density at radius 3 is 3.00 bits per heavy atom. The molecule has 80 valence electrons. The van der Waals surface area contributed by atoms with Gasteiger partial charge in [0.05, 0.1) is 17.5 Å². The van der Waals surface area contributed by atoms with E-state index in [0.29, 0.717) is 12.3 Å². The van der Waals surface area contributed by atoms with Gasteiger partial charge in [-0.15, -0.1) is 5.53 Å². The molecule has 5 heteroatoms. The molecule has 0 radical (unpaired) electrons. The van der Waals surface area contributed by atoms with Crippen LogP contribution in [0.1, 0.15) is 6.92 Å². The molecule has 2 N–H and O–H groups in total. The predicted octanol–water partition coefficient (Wildman–Crippen LogP) is 0.783. The van der Waals surface area contributed by atoms with Crippen LogP contribution in [0.2, 0.25) is 0 Å². The fraction of sp³-hybridized carbons (Fsp3) is 0.300. The van der Waals surface area contributed by atoms with Crippen LogP contribution in [-0.4, -0.2) is 18.8 Å². The van der Waals surface area contributed by atoms with Crippen molar-refractivity contribution >= 4 is 0 Å². The highest BCUT2D eigenvalue weighted by atomic mass is 16.5. The van der Waals surface area contributed by atoms with Crippen LogP contribution in [0.3, 0.4) is 0 Å². The van der Waals surface area contributed by atoms with Crippen LogP contribution in [0.25, 0.3) is 0 Å². The number of ether oxygens (including phenoxy) is 1. The number of nitriles is 1. The van der Waals surface area contributed by atoms with Gasteiger partial charge in [-0.3, -0.25) is 5.01 Å². The molecule has 5 nitrogen and oxygen atoms in total. The van der Waals surface area contributed by atoms with E-state index in [1.54, 1.807) is 24.3 Å². The van der Waals surface area contributed by atoms with Gasteiger partial charge in [0.15, 0.2) is 0 Å². The summed E-state index contributed by atoms with van der Waals surface area (Å²) in [6.07, 6.45) is 3.46. The normalized spacial score (nSPS) is 19.3. The molecule has 1 rings (SSSR count).